The standard InChI is InChI=1S/C10H14O3/c1-7-3-10(13-2)9(6-12)4-8(7)5-11/h3-4,11-12H,5-6H2,1-2H3. The summed E-state index contributed by atoms with van der Waals surface area (Å²) < 4.78 is 5.07. The van der Waals surface area contributed by atoms with Crippen molar-refractivity contribution in [2.75, 3.05) is 7.11 Å². The molecule has 0 radical (unpaired) electrons. The molecule has 0 saturated heterocycles. The van der Waals surface area contributed by atoms with E-state index < -0.39 is 0 Å². The zero-order chi connectivity index (χ0) is 9.84. The Labute approximate surface area is 77.6 Å². The molecule has 0 fully saturated rings. The van der Waals surface area contributed by atoms with Gasteiger partial charge in [-0.1, -0.05) is 0 Å². The van der Waals surface area contributed by atoms with Crippen LogP contribution in [0.3, 0.4) is 0 Å². The Balaban J connectivity index is 3.18. The molecule has 13 heavy (non-hydrogen) atoms. The maximum absolute atomic E-state index is 9.00. The summed E-state index contributed by atoms with van der Waals surface area (Å²) in [5.74, 6) is 0.664. The second-order valence-corrected chi connectivity index (χ2v) is 2.91. The van der Waals surface area contributed by atoms with Crippen LogP contribution in [0.2, 0.25) is 0 Å². The van der Waals surface area contributed by atoms with Crippen LogP contribution in [0.1, 0.15) is 16.7 Å². The first-order valence-corrected chi connectivity index (χ1v) is 4.11. The fraction of sp³-hybridized carbons (Fsp3) is 0.400. The lowest BCUT2D eigenvalue weighted by atomic mass is 10.0. The van der Waals surface area contributed by atoms with Crippen molar-refractivity contribution in [1.29, 1.82) is 0 Å². The summed E-state index contributed by atoms with van der Waals surface area (Å²) in [4.78, 5) is 0. The van der Waals surface area contributed by atoms with Crippen molar-refractivity contribution in [2.24, 2.45) is 0 Å². The highest BCUT2D eigenvalue weighted by Crippen LogP contribution is 2.23. The van der Waals surface area contributed by atoms with Crippen LogP contribution in [0.25, 0.3) is 0 Å². The van der Waals surface area contributed by atoms with E-state index in [0.717, 1.165) is 11.1 Å². The number of hydrogen-bond acceptors (Lipinski definition) is 3. The van der Waals surface area contributed by atoms with Crippen molar-refractivity contribution in [2.45, 2.75) is 20.1 Å². The number of methoxy groups -OCH3 is 1. The lowest BCUT2D eigenvalue weighted by molar-refractivity contribution is 0.269. The highest BCUT2D eigenvalue weighted by Gasteiger charge is 2.05. The molecule has 0 aliphatic carbocycles. The second-order valence-electron chi connectivity index (χ2n) is 2.91. The van der Waals surface area contributed by atoms with Crippen LogP contribution in [-0.4, -0.2) is 17.3 Å². The van der Waals surface area contributed by atoms with Gasteiger partial charge < -0.3 is 14.9 Å². The zero-order valence-electron chi connectivity index (χ0n) is 7.87. The summed E-state index contributed by atoms with van der Waals surface area (Å²) in [5.41, 5.74) is 2.50. The van der Waals surface area contributed by atoms with E-state index in [9.17, 15) is 0 Å². The van der Waals surface area contributed by atoms with Crippen LogP contribution >= 0.6 is 0 Å². The van der Waals surface area contributed by atoms with Gasteiger partial charge in [0.05, 0.1) is 20.3 Å². The summed E-state index contributed by atoms with van der Waals surface area (Å²) in [7, 11) is 1.56. The monoisotopic (exact) mass is 182 g/mol. The molecule has 0 aliphatic heterocycles. The molecule has 0 bridgehead atoms. The third kappa shape index (κ3) is 1.99. The summed E-state index contributed by atoms with van der Waals surface area (Å²) >= 11 is 0. The predicted molar refractivity (Wildman–Crippen MR) is 49.6 cm³/mol. The Bertz CT molecular complexity index is 294. The molecule has 0 amide bonds. The third-order valence-corrected chi connectivity index (χ3v) is 2.08. The number of aryl methyl sites for hydroxylation is 1. The van der Waals surface area contributed by atoms with Crippen molar-refractivity contribution in [3.05, 3.63) is 28.8 Å². The first kappa shape index (κ1) is 10.0. The maximum Gasteiger partial charge on any atom is 0.124 e. The fourth-order valence-corrected chi connectivity index (χ4v) is 1.26. The Hall–Kier alpha value is -1.06. The molecule has 2 N–H and O–H groups in total. The largest absolute Gasteiger partial charge is 0.496 e. The van der Waals surface area contributed by atoms with E-state index >= 15 is 0 Å². The molecule has 0 atom stereocenters. The third-order valence-electron chi connectivity index (χ3n) is 2.08. The van der Waals surface area contributed by atoms with Gasteiger partial charge in [0.15, 0.2) is 0 Å². The first-order valence-electron chi connectivity index (χ1n) is 4.11. The minimum absolute atomic E-state index is 0.0111. The number of aliphatic hydroxyl groups is 2. The molecule has 3 nitrogen and oxygen atoms in total. The van der Waals surface area contributed by atoms with E-state index in [2.05, 4.69) is 0 Å². The lowest BCUT2D eigenvalue weighted by Crippen LogP contribution is -1.97. The van der Waals surface area contributed by atoms with Crippen LogP contribution in [0.5, 0.6) is 5.75 Å². The van der Waals surface area contributed by atoms with E-state index in [4.69, 9.17) is 14.9 Å². The summed E-state index contributed by atoms with van der Waals surface area (Å²) in [6, 6.07) is 3.57. The molecule has 0 heterocycles. The van der Waals surface area contributed by atoms with Gasteiger partial charge in [-0.15, -0.1) is 0 Å². The quantitative estimate of drug-likeness (QED) is 0.732. The van der Waals surface area contributed by atoms with Gasteiger partial charge in [0, 0.05) is 5.56 Å². The SMILES string of the molecule is COc1cc(C)c(CO)cc1CO. The van der Waals surface area contributed by atoms with Gasteiger partial charge in [-0.2, -0.15) is 0 Å². The predicted octanol–water partition coefficient (Wildman–Crippen LogP) is 0.988. The van der Waals surface area contributed by atoms with Gasteiger partial charge in [0.2, 0.25) is 0 Å². The van der Waals surface area contributed by atoms with E-state index in [1.807, 2.05) is 13.0 Å². The second kappa shape index (κ2) is 4.25. The fourth-order valence-electron chi connectivity index (χ4n) is 1.26. The minimum Gasteiger partial charge on any atom is -0.496 e. The van der Waals surface area contributed by atoms with Crippen LogP contribution in [-0.2, 0) is 13.2 Å². The number of ether oxygens (including phenoxy) is 1. The Kier molecular flexibility index (Phi) is 3.28. The van der Waals surface area contributed by atoms with Crippen LogP contribution in [0, 0.1) is 6.92 Å². The molecular weight excluding hydrogens is 168 g/mol. The number of rotatable bonds is 3. The first-order chi connectivity index (χ1) is 6.22. The zero-order valence-corrected chi connectivity index (χ0v) is 7.87. The molecule has 3 heteroatoms. The van der Waals surface area contributed by atoms with E-state index in [-0.39, 0.29) is 13.2 Å². The van der Waals surface area contributed by atoms with E-state index in [0.29, 0.717) is 11.3 Å². The molecule has 0 aliphatic rings. The molecule has 72 valence electrons. The van der Waals surface area contributed by atoms with Crippen LogP contribution in [0.15, 0.2) is 12.1 Å². The molecule has 1 aromatic carbocycles. The topological polar surface area (TPSA) is 49.7 Å². The number of benzene rings is 1. The Morgan fingerprint density at radius 3 is 2.23 bits per heavy atom. The highest BCUT2D eigenvalue weighted by molar-refractivity contribution is 5.41. The van der Waals surface area contributed by atoms with Crippen molar-refractivity contribution >= 4 is 0 Å². The molecule has 1 rings (SSSR count). The van der Waals surface area contributed by atoms with Crippen molar-refractivity contribution in [1.82, 2.24) is 0 Å². The normalized spacial score (nSPS) is 10.2. The highest BCUT2D eigenvalue weighted by atomic mass is 16.5. The summed E-state index contributed by atoms with van der Waals surface area (Å²) in [6.07, 6.45) is 0. The molecule has 0 unspecified atom stereocenters. The average Bonchev–Trinajstić information content (AvgIpc) is 2.17. The summed E-state index contributed by atoms with van der Waals surface area (Å²) in [5, 5.41) is 18.0. The van der Waals surface area contributed by atoms with Gasteiger partial charge >= 0.3 is 0 Å². The smallest absolute Gasteiger partial charge is 0.124 e. The molecule has 0 saturated carbocycles. The van der Waals surface area contributed by atoms with Gasteiger partial charge in [0.25, 0.3) is 0 Å². The average molecular weight is 182 g/mol. The van der Waals surface area contributed by atoms with Gasteiger partial charge in [-0.3, -0.25) is 0 Å². The van der Waals surface area contributed by atoms with Gasteiger partial charge in [-0.05, 0) is 30.2 Å². The van der Waals surface area contributed by atoms with Crippen molar-refractivity contribution in [3.8, 4) is 5.75 Å². The molecule has 0 spiro atoms. The van der Waals surface area contributed by atoms with Crippen LogP contribution in [0.4, 0.5) is 0 Å². The van der Waals surface area contributed by atoms with Crippen molar-refractivity contribution < 1.29 is 14.9 Å². The van der Waals surface area contributed by atoms with Crippen LogP contribution < -0.4 is 4.74 Å². The minimum atomic E-state index is -0.0730. The number of hydrogen-bond donors (Lipinski definition) is 2. The van der Waals surface area contributed by atoms with Crippen molar-refractivity contribution in [3.63, 3.8) is 0 Å². The number of aliphatic hydroxyl groups excluding tert-OH is 2. The van der Waals surface area contributed by atoms with Gasteiger partial charge in [-0.25, -0.2) is 0 Å². The maximum atomic E-state index is 9.00. The Morgan fingerprint density at radius 1 is 1.15 bits per heavy atom. The van der Waals surface area contributed by atoms with E-state index in [1.165, 1.54) is 0 Å². The molecule has 0 aromatic heterocycles. The molecular formula is C10H14O3. The molecule has 1 aromatic rings. The van der Waals surface area contributed by atoms with Gasteiger partial charge in [0.1, 0.15) is 5.75 Å². The summed E-state index contributed by atoms with van der Waals surface area (Å²) in [6.45, 7) is 1.81. The van der Waals surface area contributed by atoms with E-state index in [1.54, 1.807) is 13.2 Å². The lowest BCUT2D eigenvalue weighted by Gasteiger charge is -2.10. The Morgan fingerprint density at radius 2 is 1.77 bits per heavy atom.